The first kappa shape index (κ1) is 12.0. The molecule has 1 aromatic heterocycles. The molecule has 0 amide bonds. The Labute approximate surface area is 92.7 Å². The van der Waals surface area contributed by atoms with Gasteiger partial charge in [0.1, 0.15) is 6.54 Å². The van der Waals surface area contributed by atoms with Gasteiger partial charge in [0.2, 0.25) is 17.8 Å². The maximum Gasteiger partial charge on any atom is 0.322 e. The molecule has 0 saturated heterocycles. The van der Waals surface area contributed by atoms with Gasteiger partial charge in [-0.3, -0.25) is 4.79 Å². The summed E-state index contributed by atoms with van der Waals surface area (Å²) in [6.45, 7) is -0.236. The average molecular weight is 226 g/mol. The number of aliphatic carboxylic acids is 1. The normalized spacial score (nSPS) is 9.69. The van der Waals surface area contributed by atoms with Crippen molar-refractivity contribution in [2.24, 2.45) is 0 Å². The lowest BCUT2D eigenvalue weighted by Crippen LogP contribution is -2.19. The summed E-state index contributed by atoms with van der Waals surface area (Å²) in [7, 11) is 5.25. The van der Waals surface area contributed by atoms with Crippen molar-refractivity contribution in [1.82, 2.24) is 15.0 Å². The molecule has 0 radical (unpaired) electrons. The summed E-state index contributed by atoms with van der Waals surface area (Å²) in [4.78, 5) is 24.2. The van der Waals surface area contributed by atoms with Crippen LogP contribution < -0.4 is 15.5 Å². The van der Waals surface area contributed by atoms with E-state index in [1.165, 1.54) is 0 Å². The highest BCUT2D eigenvalue weighted by Crippen LogP contribution is 2.10. The Morgan fingerprint density at radius 2 is 1.94 bits per heavy atom. The van der Waals surface area contributed by atoms with Crippen LogP contribution >= 0.6 is 0 Å². The van der Waals surface area contributed by atoms with Gasteiger partial charge in [0.15, 0.2) is 0 Å². The smallest absolute Gasteiger partial charge is 0.322 e. The minimum absolute atomic E-state index is 0.227. The molecule has 88 valence electrons. The fourth-order valence-electron chi connectivity index (χ4n) is 0.910. The number of hydrogen-bond acceptors (Lipinski definition) is 7. The van der Waals surface area contributed by atoms with Crippen LogP contribution in [-0.4, -0.2) is 53.7 Å². The fourth-order valence-corrected chi connectivity index (χ4v) is 0.910. The molecule has 0 fully saturated rings. The SMILES string of the molecule is CNc1nc(NCC(=O)O)nc(N(C)C)n1. The van der Waals surface area contributed by atoms with E-state index in [4.69, 9.17) is 5.11 Å². The predicted molar refractivity (Wildman–Crippen MR) is 59.8 cm³/mol. The Morgan fingerprint density at radius 1 is 1.31 bits per heavy atom. The largest absolute Gasteiger partial charge is 0.480 e. The van der Waals surface area contributed by atoms with Crippen LogP contribution in [0.5, 0.6) is 0 Å². The van der Waals surface area contributed by atoms with Crippen molar-refractivity contribution >= 4 is 23.8 Å². The Morgan fingerprint density at radius 3 is 2.44 bits per heavy atom. The average Bonchev–Trinajstić information content (AvgIpc) is 2.25. The van der Waals surface area contributed by atoms with Crippen molar-refractivity contribution in [2.75, 3.05) is 43.2 Å². The second kappa shape index (κ2) is 5.10. The van der Waals surface area contributed by atoms with Crippen LogP contribution in [0.25, 0.3) is 0 Å². The molecule has 0 aromatic carbocycles. The lowest BCUT2D eigenvalue weighted by Gasteiger charge is -2.12. The summed E-state index contributed by atoms with van der Waals surface area (Å²) < 4.78 is 0. The number of anilines is 3. The highest BCUT2D eigenvalue weighted by atomic mass is 16.4. The number of rotatable bonds is 5. The second-order valence-electron chi connectivity index (χ2n) is 3.17. The van der Waals surface area contributed by atoms with Crippen LogP contribution in [0.1, 0.15) is 0 Å². The van der Waals surface area contributed by atoms with E-state index < -0.39 is 5.97 Å². The second-order valence-corrected chi connectivity index (χ2v) is 3.17. The van der Waals surface area contributed by atoms with Crippen LogP contribution in [0, 0.1) is 0 Å². The van der Waals surface area contributed by atoms with Crippen molar-refractivity contribution in [1.29, 1.82) is 0 Å². The van der Waals surface area contributed by atoms with E-state index in [1.54, 1.807) is 26.0 Å². The molecule has 1 heterocycles. The minimum atomic E-state index is -0.974. The fraction of sp³-hybridized carbons (Fsp3) is 0.500. The Balaban J connectivity index is 2.90. The van der Waals surface area contributed by atoms with Gasteiger partial charge in [0.05, 0.1) is 0 Å². The van der Waals surface area contributed by atoms with E-state index in [-0.39, 0.29) is 12.5 Å². The number of hydrogen-bond donors (Lipinski definition) is 3. The zero-order valence-electron chi connectivity index (χ0n) is 9.35. The maximum atomic E-state index is 10.4. The predicted octanol–water partition coefficient (Wildman–Crippen LogP) is -0.524. The maximum absolute atomic E-state index is 10.4. The number of carbonyl (C=O) groups is 1. The Kier molecular flexibility index (Phi) is 3.81. The molecule has 0 aliphatic heterocycles. The Hall–Kier alpha value is -2.12. The molecule has 3 N–H and O–H groups in total. The third kappa shape index (κ3) is 3.23. The highest BCUT2D eigenvalue weighted by Gasteiger charge is 2.07. The molecule has 0 spiro atoms. The van der Waals surface area contributed by atoms with Crippen LogP contribution in [-0.2, 0) is 4.79 Å². The van der Waals surface area contributed by atoms with Crippen LogP contribution in [0.3, 0.4) is 0 Å². The molecule has 0 atom stereocenters. The molecule has 0 bridgehead atoms. The first-order chi connectivity index (χ1) is 7.52. The molecular weight excluding hydrogens is 212 g/mol. The third-order valence-corrected chi connectivity index (χ3v) is 1.64. The summed E-state index contributed by atoms with van der Waals surface area (Å²) >= 11 is 0. The lowest BCUT2D eigenvalue weighted by molar-refractivity contribution is -0.134. The molecule has 0 aliphatic carbocycles. The van der Waals surface area contributed by atoms with Gasteiger partial charge in [0, 0.05) is 21.1 Å². The third-order valence-electron chi connectivity index (χ3n) is 1.64. The van der Waals surface area contributed by atoms with E-state index in [2.05, 4.69) is 25.6 Å². The van der Waals surface area contributed by atoms with Crippen molar-refractivity contribution in [3.63, 3.8) is 0 Å². The van der Waals surface area contributed by atoms with Crippen molar-refractivity contribution in [3.8, 4) is 0 Å². The van der Waals surface area contributed by atoms with E-state index in [9.17, 15) is 4.79 Å². The molecule has 16 heavy (non-hydrogen) atoms. The summed E-state index contributed by atoms with van der Waals surface area (Å²) in [5.41, 5.74) is 0. The molecule has 0 saturated carbocycles. The molecule has 8 heteroatoms. The first-order valence-electron chi connectivity index (χ1n) is 4.59. The summed E-state index contributed by atoms with van der Waals surface area (Å²) in [5.74, 6) is 0.0853. The zero-order chi connectivity index (χ0) is 12.1. The Bertz CT molecular complexity index is 381. The number of nitrogens with zero attached hydrogens (tertiary/aromatic N) is 4. The van der Waals surface area contributed by atoms with E-state index in [0.717, 1.165) is 0 Å². The van der Waals surface area contributed by atoms with Crippen LogP contribution in [0.2, 0.25) is 0 Å². The minimum Gasteiger partial charge on any atom is -0.480 e. The zero-order valence-corrected chi connectivity index (χ0v) is 9.35. The summed E-state index contributed by atoms with van der Waals surface area (Å²) in [6, 6.07) is 0. The number of aromatic nitrogens is 3. The van der Waals surface area contributed by atoms with E-state index >= 15 is 0 Å². The van der Waals surface area contributed by atoms with Gasteiger partial charge in [-0.25, -0.2) is 0 Å². The van der Waals surface area contributed by atoms with Gasteiger partial charge in [0.25, 0.3) is 0 Å². The number of nitrogens with one attached hydrogen (secondary N) is 2. The van der Waals surface area contributed by atoms with Crippen LogP contribution in [0.15, 0.2) is 0 Å². The summed E-state index contributed by atoms with van der Waals surface area (Å²) in [6.07, 6.45) is 0. The van der Waals surface area contributed by atoms with Gasteiger partial charge in [-0.05, 0) is 0 Å². The van der Waals surface area contributed by atoms with Crippen molar-refractivity contribution in [3.05, 3.63) is 0 Å². The first-order valence-corrected chi connectivity index (χ1v) is 4.59. The molecule has 0 aliphatic rings. The highest BCUT2D eigenvalue weighted by molar-refractivity contribution is 5.72. The van der Waals surface area contributed by atoms with Gasteiger partial charge < -0.3 is 20.6 Å². The van der Waals surface area contributed by atoms with Crippen molar-refractivity contribution in [2.45, 2.75) is 0 Å². The van der Waals surface area contributed by atoms with Gasteiger partial charge in [-0.15, -0.1) is 0 Å². The molecular formula is C8H14N6O2. The topological polar surface area (TPSA) is 103 Å². The lowest BCUT2D eigenvalue weighted by atomic mass is 10.6. The molecule has 1 rings (SSSR count). The van der Waals surface area contributed by atoms with Crippen molar-refractivity contribution < 1.29 is 9.90 Å². The standard InChI is InChI=1S/C8H14N6O2/c1-9-6-11-7(10-4-5(15)16)13-8(12-6)14(2)3/h4H2,1-3H3,(H,15,16)(H2,9,10,11,12,13). The quantitative estimate of drug-likeness (QED) is 0.616. The number of carboxylic acid groups (broad SMARTS) is 1. The van der Waals surface area contributed by atoms with Gasteiger partial charge in [-0.1, -0.05) is 0 Å². The van der Waals surface area contributed by atoms with E-state index in [0.29, 0.717) is 11.9 Å². The van der Waals surface area contributed by atoms with Gasteiger partial charge in [-0.2, -0.15) is 15.0 Å². The number of carboxylic acids is 1. The molecule has 8 nitrogen and oxygen atoms in total. The van der Waals surface area contributed by atoms with Gasteiger partial charge >= 0.3 is 5.97 Å². The molecule has 0 unspecified atom stereocenters. The molecule has 1 aromatic rings. The summed E-state index contributed by atoms with van der Waals surface area (Å²) in [5, 5.41) is 13.9. The van der Waals surface area contributed by atoms with Crippen LogP contribution in [0.4, 0.5) is 17.8 Å². The van der Waals surface area contributed by atoms with E-state index in [1.807, 2.05) is 0 Å². The monoisotopic (exact) mass is 226 g/mol.